The highest BCUT2D eigenvalue weighted by atomic mass is 32.2. The molecule has 0 radical (unpaired) electrons. The van der Waals surface area contributed by atoms with E-state index in [9.17, 15) is 13.2 Å². The van der Waals surface area contributed by atoms with E-state index in [0.717, 1.165) is 19.1 Å². The van der Waals surface area contributed by atoms with Crippen LogP contribution in [0.1, 0.15) is 33.6 Å². The molecule has 16 heavy (non-hydrogen) atoms. The zero-order valence-electron chi connectivity index (χ0n) is 10.5. The number of carbonyl (C=O) groups excluding carboxylic acids is 1. The molecule has 0 saturated carbocycles. The van der Waals surface area contributed by atoms with Crippen LogP contribution in [0.4, 0.5) is 0 Å². The maximum absolute atomic E-state index is 11.5. The molecule has 0 heterocycles. The van der Waals surface area contributed by atoms with Crippen molar-refractivity contribution < 1.29 is 13.2 Å². The standard InChI is InChI=1S/C10H22N2O3S/c1-5-6-7-11-10(13)8-12(9(2)3)16(4,14)15/h9H,5-8H2,1-4H3,(H,11,13). The van der Waals surface area contributed by atoms with Crippen LogP contribution in [0.2, 0.25) is 0 Å². The third-order valence-electron chi connectivity index (χ3n) is 2.15. The van der Waals surface area contributed by atoms with Gasteiger partial charge in [0.1, 0.15) is 0 Å². The summed E-state index contributed by atoms with van der Waals surface area (Å²) >= 11 is 0. The van der Waals surface area contributed by atoms with Crippen LogP contribution < -0.4 is 5.32 Å². The fourth-order valence-electron chi connectivity index (χ4n) is 1.28. The van der Waals surface area contributed by atoms with Crippen LogP contribution in [0.3, 0.4) is 0 Å². The second-order valence-electron chi connectivity index (χ2n) is 4.11. The normalized spacial score (nSPS) is 12.1. The van der Waals surface area contributed by atoms with Gasteiger partial charge in [-0.05, 0) is 20.3 Å². The Morgan fingerprint density at radius 3 is 2.31 bits per heavy atom. The number of nitrogens with zero attached hydrogens (tertiary/aromatic N) is 1. The topological polar surface area (TPSA) is 66.5 Å². The maximum atomic E-state index is 11.5. The van der Waals surface area contributed by atoms with Gasteiger partial charge in [0.2, 0.25) is 15.9 Å². The van der Waals surface area contributed by atoms with E-state index in [1.165, 1.54) is 4.31 Å². The van der Waals surface area contributed by atoms with E-state index in [-0.39, 0.29) is 18.5 Å². The quantitative estimate of drug-likeness (QED) is 0.672. The summed E-state index contributed by atoms with van der Waals surface area (Å²) in [4.78, 5) is 11.5. The van der Waals surface area contributed by atoms with Gasteiger partial charge >= 0.3 is 0 Å². The predicted octanol–water partition coefficient (Wildman–Crippen LogP) is 0.573. The zero-order chi connectivity index (χ0) is 12.8. The number of nitrogens with one attached hydrogen (secondary N) is 1. The van der Waals surface area contributed by atoms with E-state index in [1.54, 1.807) is 13.8 Å². The second kappa shape index (κ2) is 6.85. The summed E-state index contributed by atoms with van der Waals surface area (Å²) < 4.78 is 24.0. The fourth-order valence-corrected chi connectivity index (χ4v) is 2.40. The summed E-state index contributed by atoms with van der Waals surface area (Å²) in [7, 11) is -3.32. The van der Waals surface area contributed by atoms with Gasteiger partial charge in [0.15, 0.2) is 0 Å². The molecule has 0 fully saturated rings. The smallest absolute Gasteiger partial charge is 0.235 e. The van der Waals surface area contributed by atoms with Crippen molar-refractivity contribution in [3.8, 4) is 0 Å². The van der Waals surface area contributed by atoms with Gasteiger partial charge in [-0.25, -0.2) is 8.42 Å². The number of carbonyl (C=O) groups is 1. The summed E-state index contributed by atoms with van der Waals surface area (Å²) in [6.45, 7) is 6.04. The minimum absolute atomic E-state index is 0.0970. The first kappa shape index (κ1) is 15.4. The van der Waals surface area contributed by atoms with Crippen LogP contribution in [0, 0.1) is 0 Å². The summed E-state index contributed by atoms with van der Waals surface area (Å²) in [5.41, 5.74) is 0. The van der Waals surface area contributed by atoms with Crippen LogP contribution >= 0.6 is 0 Å². The molecule has 1 N–H and O–H groups in total. The fraction of sp³-hybridized carbons (Fsp3) is 0.900. The predicted molar refractivity (Wildman–Crippen MR) is 64.6 cm³/mol. The van der Waals surface area contributed by atoms with Gasteiger partial charge in [-0.2, -0.15) is 4.31 Å². The summed E-state index contributed by atoms with van der Waals surface area (Å²) in [6.07, 6.45) is 3.03. The summed E-state index contributed by atoms with van der Waals surface area (Å²) in [5.74, 6) is -0.243. The monoisotopic (exact) mass is 250 g/mol. The minimum atomic E-state index is -3.32. The summed E-state index contributed by atoms with van der Waals surface area (Å²) in [6, 6.07) is -0.202. The highest BCUT2D eigenvalue weighted by Gasteiger charge is 2.22. The van der Waals surface area contributed by atoms with Gasteiger partial charge < -0.3 is 5.32 Å². The number of sulfonamides is 1. The molecule has 0 spiro atoms. The second-order valence-corrected chi connectivity index (χ2v) is 6.04. The van der Waals surface area contributed by atoms with Crippen LogP contribution in [0.15, 0.2) is 0 Å². The molecule has 0 unspecified atom stereocenters. The van der Waals surface area contributed by atoms with Gasteiger partial charge in [0.25, 0.3) is 0 Å². The number of amides is 1. The van der Waals surface area contributed by atoms with E-state index in [0.29, 0.717) is 6.54 Å². The molecule has 0 aromatic heterocycles. The van der Waals surface area contributed by atoms with E-state index in [4.69, 9.17) is 0 Å². The number of unbranched alkanes of at least 4 members (excludes halogenated alkanes) is 1. The van der Waals surface area contributed by atoms with E-state index in [1.807, 2.05) is 6.92 Å². The molecule has 0 rings (SSSR count). The highest BCUT2D eigenvalue weighted by Crippen LogP contribution is 2.03. The molecule has 0 aliphatic carbocycles. The number of rotatable bonds is 7. The van der Waals surface area contributed by atoms with Crippen LogP contribution in [0.5, 0.6) is 0 Å². The van der Waals surface area contributed by atoms with Gasteiger partial charge in [-0.3, -0.25) is 4.79 Å². The van der Waals surface area contributed by atoms with Gasteiger partial charge in [0, 0.05) is 12.6 Å². The SMILES string of the molecule is CCCCNC(=O)CN(C(C)C)S(C)(=O)=O. The molecule has 0 saturated heterocycles. The Hall–Kier alpha value is -0.620. The van der Waals surface area contributed by atoms with E-state index >= 15 is 0 Å². The van der Waals surface area contributed by atoms with Gasteiger partial charge in [-0.1, -0.05) is 13.3 Å². The van der Waals surface area contributed by atoms with Crippen molar-refractivity contribution in [1.29, 1.82) is 0 Å². The Morgan fingerprint density at radius 1 is 1.38 bits per heavy atom. The van der Waals surface area contributed by atoms with E-state index < -0.39 is 10.0 Å². The lowest BCUT2D eigenvalue weighted by Crippen LogP contribution is -2.43. The molecule has 0 atom stereocenters. The average molecular weight is 250 g/mol. The molecule has 0 aliphatic rings. The lowest BCUT2D eigenvalue weighted by molar-refractivity contribution is -0.121. The molecule has 0 bridgehead atoms. The first-order valence-corrected chi connectivity index (χ1v) is 7.37. The van der Waals surface area contributed by atoms with Crippen molar-refractivity contribution in [3.63, 3.8) is 0 Å². The molecule has 5 nitrogen and oxygen atoms in total. The Balaban J connectivity index is 4.27. The Bertz CT molecular complexity index is 312. The molecule has 0 aromatic carbocycles. The van der Waals surface area contributed by atoms with Crippen molar-refractivity contribution in [2.75, 3.05) is 19.3 Å². The van der Waals surface area contributed by atoms with Crippen molar-refractivity contribution in [2.24, 2.45) is 0 Å². The Labute approximate surface area is 98.3 Å². The maximum Gasteiger partial charge on any atom is 0.235 e. The van der Waals surface area contributed by atoms with Crippen molar-refractivity contribution in [2.45, 2.75) is 39.7 Å². The molecular formula is C10H22N2O3S. The van der Waals surface area contributed by atoms with Crippen molar-refractivity contribution in [3.05, 3.63) is 0 Å². The van der Waals surface area contributed by atoms with E-state index in [2.05, 4.69) is 5.32 Å². The molecule has 0 aliphatic heterocycles. The third kappa shape index (κ3) is 6.07. The number of hydrogen-bond donors (Lipinski definition) is 1. The summed E-state index contributed by atoms with van der Waals surface area (Å²) in [5, 5.41) is 2.70. The molecular weight excluding hydrogens is 228 g/mol. The lowest BCUT2D eigenvalue weighted by Gasteiger charge is -2.23. The third-order valence-corrected chi connectivity index (χ3v) is 3.56. The van der Waals surface area contributed by atoms with Crippen molar-refractivity contribution >= 4 is 15.9 Å². The Morgan fingerprint density at radius 2 is 1.94 bits per heavy atom. The first-order valence-electron chi connectivity index (χ1n) is 5.52. The van der Waals surface area contributed by atoms with Crippen molar-refractivity contribution in [1.82, 2.24) is 9.62 Å². The lowest BCUT2D eigenvalue weighted by atomic mass is 10.3. The zero-order valence-corrected chi connectivity index (χ0v) is 11.3. The largest absolute Gasteiger partial charge is 0.355 e. The molecule has 96 valence electrons. The number of hydrogen-bond acceptors (Lipinski definition) is 3. The highest BCUT2D eigenvalue weighted by molar-refractivity contribution is 7.88. The molecule has 1 amide bonds. The average Bonchev–Trinajstić information content (AvgIpc) is 2.12. The van der Waals surface area contributed by atoms with Gasteiger partial charge in [-0.15, -0.1) is 0 Å². The van der Waals surface area contributed by atoms with Crippen LogP contribution in [-0.2, 0) is 14.8 Å². The van der Waals surface area contributed by atoms with Crippen LogP contribution in [0.25, 0.3) is 0 Å². The minimum Gasteiger partial charge on any atom is -0.355 e. The van der Waals surface area contributed by atoms with Crippen LogP contribution in [-0.4, -0.2) is 44.0 Å². The van der Waals surface area contributed by atoms with Gasteiger partial charge in [0.05, 0.1) is 12.8 Å². The molecule has 0 aromatic rings. The first-order chi connectivity index (χ1) is 7.29. The Kier molecular flexibility index (Phi) is 6.59. The molecule has 6 heteroatoms.